The first kappa shape index (κ1) is 23.0. The number of benzene rings is 2. The number of carbonyl (C=O) groups is 4. The van der Waals surface area contributed by atoms with Gasteiger partial charge in [0, 0.05) is 18.7 Å². The van der Waals surface area contributed by atoms with Crippen LogP contribution in [0.5, 0.6) is 5.75 Å². The normalized spacial score (nSPS) is 23.7. The second-order valence-electron chi connectivity index (χ2n) is 9.68. The minimum absolute atomic E-state index is 0.0945. The van der Waals surface area contributed by atoms with E-state index in [1.54, 1.807) is 30.0 Å². The maximum atomic E-state index is 12.9. The fourth-order valence-electron chi connectivity index (χ4n) is 5.49. The number of amides is 3. The monoisotopic (exact) mass is 472 g/mol. The van der Waals surface area contributed by atoms with Crippen LogP contribution in [0, 0.1) is 38.5 Å². The summed E-state index contributed by atoms with van der Waals surface area (Å²) in [5.41, 5.74) is 4.01. The van der Waals surface area contributed by atoms with E-state index >= 15 is 0 Å². The highest BCUT2D eigenvalue weighted by Crippen LogP contribution is 2.39. The molecule has 0 aromatic heterocycles. The van der Waals surface area contributed by atoms with Crippen molar-refractivity contribution < 1.29 is 23.9 Å². The molecule has 3 aliphatic rings. The van der Waals surface area contributed by atoms with Crippen LogP contribution in [0.2, 0.25) is 0 Å². The van der Waals surface area contributed by atoms with E-state index in [9.17, 15) is 19.2 Å². The molecule has 0 unspecified atom stereocenters. The second kappa shape index (κ2) is 8.80. The number of hydrogen-bond donors (Lipinski definition) is 0. The lowest BCUT2D eigenvalue weighted by molar-refractivity contribution is -0.139. The quantitative estimate of drug-likeness (QED) is 0.290. The van der Waals surface area contributed by atoms with Gasteiger partial charge >= 0.3 is 5.97 Å². The molecule has 180 valence electrons. The Hall–Kier alpha value is -3.74. The number of ether oxygens (including phenoxy) is 1. The van der Waals surface area contributed by atoms with Gasteiger partial charge < -0.3 is 9.64 Å². The number of rotatable bonds is 4. The predicted octanol–water partition coefficient (Wildman–Crippen LogP) is 4.03. The van der Waals surface area contributed by atoms with Crippen molar-refractivity contribution in [1.29, 1.82) is 0 Å². The van der Waals surface area contributed by atoms with E-state index in [4.69, 9.17) is 4.74 Å². The van der Waals surface area contributed by atoms with E-state index in [2.05, 4.69) is 0 Å². The average Bonchev–Trinajstić information content (AvgIpc) is 3.32. The van der Waals surface area contributed by atoms with Crippen LogP contribution in [0.1, 0.15) is 36.0 Å². The van der Waals surface area contributed by atoms with Crippen molar-refractivity contribution in [3.8, 4) is 5.75 Å². The minimum atomic E-state index is -0.571. The Balaban J connectivity index is 1.30. The summed E-state index contributed by atoms with van der Waals surface area (Å²) in [6.07, 6.45) is 5.18. The maximum absolute atomic E-state index is 12.9. The Labute approximate surface area is 204 Å². The SMILES string of the molecule is Cc1cc(OC(=O)[C@@H]2CC(=O)N(c3c(C)cccc3C)C2)ccc1N1C(=O)[C@H]2CC=CC[C@H]2C1=O. The van der Waals surface area contributed by atoms with Crippen molar-refractivity contribution in [2.45, 2.75) is 40.0 Å². The molecule has 0 bridgehead atoms. The molecule has 2 aromatic carbocycles. The first-order valence-corrected chi connectivity index (χ1v) is 12.0. The van der Waals surface area contributed by atoms with Crippen molar-refractivity contribution in [2.24, 2.45) is 17.8 Å². The predicted molar refractivity (Wildman–Crippen MR) is 131 cm³/mol. The zero-order valence-electron chi connectivity index (χ0n) is 20.1. The van der Waals surface area contributed by atoms with Crippen molar-refractivity contribution in [3.05, 3.63) is 65.2 Å². The molecule has 35 heavy (non-hydrogen) atoms. The molecule has 2 saturated heterocycles. The van der Waals surface area contributed by atoms with E-state index in [0.29, 0.717) is 29.8 Å². The third-order valence-corrected chi connectivity index (χ3v) is 7.30. The lowest BCUT2D eigenvalue weighted by Crippen LogP contribution is -2.31. The van der Waals surface area contributed by atoms with Crippen LogP contribution < -0.4 is 14.5 Å². The summed E-state index contributed by atoms with van der Waals surface area (Å²) in [5, 5.41) is 0. The highest BCUT2D eigenvalue weighted by atomic mass is 16.5. The first-order chi connectivity index (χ1) is 16.8. The molecule has 3 amide bonds. The molecule has 7 heteroatoms. The van der Waals surface area contributed by atoms with Gasteiger partial charge in [-0.2, -0.15) is 0 Å². The largest absolute Gasteiger partial charge is 0.426 e. The van der Waals surface area contributed by atoms with E-state index in [1.807, 2.05) is 44.2 Å². The fourth-order valence-corrected chi connectivity index (χ4v) is 5.49. The van der Waals surface area contributed by atoms with Gasteiger partial charge in [0.25, 0.3) is 0 Å². The van der Waals surface area contributed by atoms with Crippen molar-refractivity contribution in [2.75, 3.05) is 16.3 Å². The number of hydrogen-bond acceptors (Lipinski definition) is 5. The number of carbonyl (C=O) groups excluding carboxylic acids is 4. The molecule has 2 fully saturated rings. The van der Waals surface area contributed by atoms with Gasteiger partial charge in [0.05, 0.1) is 23.4 Å². The summed E-state index contributed by atoms with van der Waals surface area (Å²) in [6.45, 7) is 5.96. The van der Waals surface area contributed by atoms with Gasteiger partial charge in [-0.15, -0.1) is 0 Å². The zero-order chi connectivity index (χ0) is 24.9. The molecule has 2 aromatic rings. The number of para-hydroxylation sites is 1. The fraction of sp³-hybridized carbons (Fsp3) is 0.357. The number of allylic oxidation sites excluding steroid dienone is 2. The first-order valence-electron chi connectivity index (χ1n) is 12.0. The van der Waals surface area contributed by atoms with Gasteiger partial charge in [0.2, 0.25) is 17.7 Å². The number of nitrogens with zero attached hydrogens (tertiary/aromatic N) is 2. The van der Waals surface area contributed by atoms with Crippen molar-refractivity contribution in [1.82, 2.24) is 0 Å². The molecule has 0 radical (unpaired) electrons. The number of fused-ring (bicyclic) bond motifs is 1. The van der Waals surface area contributed by atoms with Crippen LogP contribution in [0.25, 0.3) is 0 Å². The van der Waals surface area contributed by atoms with Gasteiger partial charge in [0.15, 0.2) is 0 Å². The Kier molecular flexibility index (Phi) is 5.79. The molecule has 2 aliphatic heterocycles. The highest BCUT2D eigenvalue weighted by Gasteiger charge is 2.48. The summed E-state index contributed by atoms with van der Waals surface area (Å²) in [4.78, 5) is 54.4. The molecular weight excluding hydrogens is 444 g/mol. The molecule has 0 N–H and O–H groups in total. The Bertz CT molecular complexity index is 1230. The second-order valence-corrected chi connectivity index (χ2v) is 9.68. The molecule has 7 nitrogen and oxygen atoms in total. The smallest absolute Gasteiger partial charge is 0.316 e. The van der Waals surface area contributed by atoms with Gasteiger partial charge in [-0.3, -0.25) is 19.2 Å². The topological polar surface area (TPSA) is 84.0 Å². The summed E-state index contributed by atoms with van der Waals surface area (Å²) in [6, 6.07) is 10.8. The van der Waals surface area contributed by atoms with Crippen LogP contribution >= 0.6 is 0 Å². The third-order valence-electron chi connectivity index (χ3n) is 7.30. The number of anilines is 2. The van der Waals surface area contributed by atoms with E-state index in [1.165, 1.54) is 4.90 Å². The Morgan fingerprint density at radius 2 is 1.51 bits per heavy atom. The van der Waals surface area contributed by atoms with Gasteiger partial charge in [0.1, 0.15) is 5.75 Å². The Morgan fingerprint density at radius 3 is 2.11 bits per heavy atom. The molecule has 3 atom stereocenters. The van der Waals surface area contributed by atoms with Gasteiger partial charge in [-0.1, -0.05) is 30.4 Å². The van der Waals surface area contributed by atoms with E-state index in [-0.39, 0.29) is 42.5 Å². The molecular formula is C28H28N2O5. The molecule has 1 aliphatic carbocycles. The van der Waals surface area contributed by atoms with Crippen LogP contribution in [0.3, 0.4) is 0 Å². The maximum Gasteiger partial charge on any atom is 0.316 e. The third kappa shape index (κ3) is 3.95. The average molecular weight is 473 g/mol. The lowest BCUT2D eigenvalue weighted by Gasteiger charge is -2.21. The summed E-state index contributed by atoms with van der Waals surface area (Å²) in [7, 11) is 0. The summed E-state index contributed by atoms with van der Waals surface area (Å²) >= 11 is 0. The summed E-state index contributed by atoms with van der Waals surface area (Å²) in [5.74, 6) is -1.76. The standard InChI is InChI=1S/C28H28N2O5/c1-16-7-6-8-17(2)25(16)29-15-19(14-24(29)31)28(34)35-20-11-12-23(18(3)13-20)30-26(32)21-9-4-5-10-22(21)27(30)33/h4-8,11-13,19,21-22H,9-10,14-15H2,1-3H3/t19-,21-,22+/m1/s1. The number of esters is 1. The lowest BCUT2D eigenvalue weighted by atomic mass is 9.85. The molecule has 5 rings (SSSR count). The Morgan fingerprint density at radius 1 is 0.886 bits per heavy atom. The zero-order valence-corrected chi connectivity index (χ0v) is 20.1. The van der Waals surface area contributed by atoms with Crippen molar-refractivity contribution >= 4 is 35.1 Å². The van der Waals surface area contributed by atoms with Crippen LogP contribution in [0.15, 0.2) is 48.6 Å². The molecule has 0 saturated carbocycles. The van der Waals surface area contributed by atoms with E-state index in [0.717, 1.165) is 16.8 Å². The minimum Gasteiger partial charge on any atom is -0.426 e. The van der Waals surface area contributed by atoms with Crippen LogP contribution in [-0.2, 0) is 19.2 Å². The van der Waals surface area contributed by atoms with Crippen LogP contribution in [0.4, 0.5) is 11.4 Å². The van der Waals surface area contributed by atoms with Gasteiger partial charge in [-0.25, -0.2) is 4.90 Å². The molecule has 0 spiro atoms. The van der Waals surface area contributed by atoms with E-state index < -0.39 is 11.9 Å². The van der Waals surface area contributed by atoms with Crippen LogP contribution in [-0.4, -0.2) is 30.2 Å². The molecule has 2 heterocycles. The van der Waals surface area contributed by atoms with Gasteiger partial charge in [-0.05, 0) is 68.5 Å². The summed E-state index contributed by atoms with van der Waals surface area (Å²) < 4.78 is 5.62. The number of imide groups is 1. The van der Waals surface area contributed by atoms with Crippen molar-refractivity contribution in [3.63, 3.8) is 0 Å². The highest BCUT2D eigenvalue weighted by molar-refractivity contribution is 6.22. The number of aryl methyl sites for hydroxylation is 3.